The fourth-order valence-corrected chi connectivity index (χ4v) is 2.21. The molecule has 0 bridgehead atoms. The quantitative estimate of drug-likeness (QED) is 0.827. The van der Waals surface area contributed by atoms with Crippen molar-refractivity contribution in [3.05, 3.63) is 71.0 Å². The largest absolute Gasteiger partial charge is 0.465 e. The molecule has 0 spiro atoms. The average Bonchev–Trinajstić information content (AvgIpc) is 2.61. The topological polar surface area (TPSA) is 64.6 Å². The highest BCUT2D eigenvalue weighted by Crippen LogP contribution is 2.17. The van der Waals surface area contributed by atoms with Gasteiger partial charge in [0.1, 0.15) is 5.82 Å². The first-order chi connectivity index (χ1) is 11.5. The molecule has 0 radical (unpaired) electrons. The van der Waals surface area contributed by atoms with Crippen molar-refractivity contribution in [3.8, 4) is 0 Å². The SMILES string of the molecule is COC(=O)c1ccc(C(=O)NC[C@H](OC)c2cccc(F)c2)cc1. The lowest BCUT2D eigenvalue weighted by Gasteiger charge is -2.16. The number of methoxy groups -OCH3 is 2. The van der Waals surface area contributed by atoms with Crippen molar-refractivity contribution in [3.63, 3.8) is 0 Å². The number of benzene rings is 2. The summed E-state index contributed by atoms with van der Waals surface area (Å²) < 4.78 is 23.2. The van der Waals surface area contributed by atoms with Gasteiger partial charge in [0.2, 0.25) is 0 Å². The van der Waals surface area contributed by atoms with Crippen molar-refractivity contribution in [2.75, 3.05) is 20.8 Å². The molecule has 0 aromatic heterocycles. The predicted octanol–water partition coefficient (Wildman–Crippen LogP) is 2.73. The normalized spacial score (nSPS) is 11.6. The van der Waals surface area contributed by atoms with E-state index in [1.54, 1.807) is 12.1 Å². The Hall–Kier alpha value is -2.73. The summed E-state index contributed by atoms with van der Waals surface area (Å²) in [5, 5.41) is 2.73. The minimum absolute atomic E-state index is 0.192. The Morgan fingerprint density at radius 2 is 1.75 bits per heavy atom. The molecule has 0 aliphatic heterocycles. The highest BCUT2D eigenvalue weighted by molar-refractivity contribution is 5.96. The summed E-state index contributed by atoms with van der Waals surface area (Å²) in [5.74, 6) is -1.14. The van der Waals surface area contributed by atoms with Crippen LogP contribution in [-0.4, -0.2) is 32.6 Å². The number of hydrogen-bond acceptors (Lipinski definition) is 4. The maximum atomic E-state index is 13.3. The lowest BCUT2D eigenvalue weighted by atomic mass is 10.1. The lowest BCUT2D eigenvalue weighted by molar-refractivity contribution is 0.0600. The minimum atomic E-state index is -0.465. The number of carbonyl (C=O) groups is 2. The van der Waals surface area contributed by atoms with Crippen LogP contribution in [0.15, 0.2) is 48.5 Å². The van der Waals surface area contributed by atoms with E-state index in [1.165, 1.54) is 50.6 Å². The van der Waals surface area contributed by atoms with Crippen LogP contribution in [0.2, 0.25) is 0 Å². The van der Waals surface area contributed by atoms with Crippen molar-refractivity contribution in [1.29, 1.82) is 0 Å². The molecule has 0 aliphatic rings. The van der Waals surface area contributed by atoms with E-state index in [0.717, 1.165) is 0 Å². The summed E-state index contributed by atoms with van der Waals surface area (Å²) in [4.78, 5) is 23.5. The molecule has 126 valence electrons. The van der Waals surface area contributed by atoms with Gasteiger partial charge in [0.05, 0.1) is 18.8 Å². The van der Waals surface area contributed by atoms with Crippen molar-refractivity contribution in [1.82, 2.24) is 5.32 Å². The molecule has 0 fully saturated rings. The third-order valence-corrected chi connectivity index (χ3v) is 3.52. The molecule has 6 heteroatoms. The van der Waals surface area contributed by atoms with Crippen molar-refractivity contribution >= 4 is 11.9 Å². The molecule has 2 rings (SSSR count). The van der Waals surface area contributed by atoms with Crippen LogP contribution in [0.5, 0.6) is 0 Å². The number of ether oxygens (including phenoxy) is 2. The van der Waals surface area contributed by atoms with Crippen molar-refractivity contribution in [2.45, 2.75) is 6.10 Å². The molecule has 1 atom stereocenters. The van der Waals surface area contributed by atoms with Crippen LogP contribution in [0.1, 0.15) is 32.4 Å². The number of rotatable bonds is 6. The van der Waals surface area contributed by atoms with Gasteiger partial charge in [-0.3, -0.25) is 4.79 Å². The molecule has 0 heterocycles. The standard InChI is InChI=1S/C18H18FNO4/c1-23-16(14-4-3-5-15(19)10-14)11-20-17(21)12-6-8-13(9-7-12)18(22)24-2/h3-10,16H,11H2,1-2H3,(H,20,21)/t16-/m0/s1. The molecule has 0 saturated carbocycles. The Kier molecular flexibility index (Phi) is 6.03. The zero-order valence-corrected chi connectivity index (χ0v) is 13.4. The number of carbonyl (C=O) groups excluding carboxylic acids is 2. The van der Waals surface area contributed by atoms with Gasteiger partial charge in [-0.15, -0.1) is 0 Å². The van der Waals surface area contributed by atoms with Gasteiger partial charge in [0, 0.05) is 19.2 Å². The zero-order valence-electron chi connectivity index (χ0n) is 13.4. The molecule has 1 N–H and O–H groups in total. The lowest BCUT2D eigenvalue weighted by Crippen LogP contribution is -2.29. The fourth-order valence-electron chi connectivity index (χ4n) is 2.21. The summed E-state index contributed by atoms with van der Waals surface area (Å²) in [6.07, 6.45) is -0.459. The van der Waals surface area contributed by atoms with Crippen LogP contribution < -0.4 is 5.32 Å². The van der Waals surface area contributed by atoms with Crippen LogP contribution in [0.3, 0.4) is 0 Å². The second-order valence-electron chi connectivity index (χ2n) is 5.06. The third kappa shape index (κ3) is 4.39. The van der Waals surface area contributed by atoms with Gasteiger partial charge in [0.25, 0.3) is 5.91 Å². The second kappa shape index (κ2) is 8.21. The maximum Gasteiger partial charge on any atom is 0.337 e. The molecular weight excluding hydrogens is 313 g/mol. The van der Waals surface area contributed by atoms with Gasteiger partial charge in [-0.1, -0.05) is 12.1 Å². The molecule has 2 aromatic carbocycles. The summed E-state index contributed by atoms with van der Waals surface area (Å²) in [5.41, 5.74) is 1.40. The van der Waals surface area contributed by atoms with Crippen LogP contribution >= 0.6 is 0 Å². The Balaban J connectivity index is 2.00. The van der Waals surface area contributed by atoms with Gasteiger partial charge in [-0.25, -0.2) is 9.18 Å². The summed E-state index contributed by atoms with van der Waals surface area (Å²) in [6, 6.07) is 12.1. The summed E-state index contributed by atoms with van der Waals surface area (Å²) in [7, 11) is 2.78. The zero-order chi connectivity index (χ0) is 17.5. The van der Waals surface area contributed by atoms with E-state index in [-0.39, 0.29) is 18.3 Å². The van der Waals surface area contributed by atoms with Crippen LogP contribution in [-0.2, 0) is 9.47 Å². The summed E-state index contributed by atoms with van der Waals surface area (Å²) in [6.45, 7) is 0.192. The maximum absolute atomic E-state index is 13.3. The highest BCUT2D eigenvalue weighted by Gasteiger charge is 2.14. The predicted molar refractivity (Wildman–Crippen MR) is 86.3 cm³/mol. The summed E-state index contributed by atoms with van der Waals surface area (Å²) >= 11 is 0. The van der Waals surface area contributed by atoms with E-state index in [2.05, 4.69) is 10.1 Å². The van der Waals surface area contributed by atoms with Gasteiger partial charge < -0.3 is 14.8 Å². The number of hydrogen-bond donors (Lipinski definition) is 1. The average molecular weight is 331 g/mol. The van der Waals surface area contributed by atoms with Crippen molar-refractivity contribution in [2.24, 2.45) is 0 Å². The molecule has 2 aromatic rings. The van der Waals surface area contributed by atoms with Crippen LogP contribution in [0.25, 0.3) is 0 Å². The third-order valence-electron chi connectivity index (χ3n) is 3.52. The van der Waals surface area contributed by atoms with Gasteiger partial charge in [-0.2, -0.15) is 0 Å². The monoisotopic (exact) mass is 331 g/mol. The first kappa shape index (κ1) is 17.6. The minimum Gasteiger partial charge on any atom is -0.465 e. The number of esters is 1. The smallest absolute Gasteiger partial charge is 0.337 e. The molecule has 24 heavy (non-hydrogen) atoms. The van der Waals surface area contributed by atoms with E-state index in [9.17, 15) is 14.0 Å². The van der Waals surface area contributed by atoms with Gasteiger partial charge >= 0.3 is 5.97 Å². The number of amides is 1. The van der Waals surface area contributed by atoms with Gasteiger partial charge in [0.15, 0.2) is 0 Å². The van der Waals surface area contributed by atoms with Crippen LogP contribution in [0, 0.1) is 5.82 Å². The molecule has 5 nitrogen and oxygen atoms in total. The van der Waals surface area contributed by atoms with E-state index in [0.29, 0.717) is 16.7 Å². The molecule has 0 saturated heterocycles. The second-order valence-corrected chi connectivity index (χ2v) is 5.06. The van der Waals surface area contributed by atoms with Gasteiger partial charge in [-0.05, 0) is 42.0 Å². The Morgan fingerprint density at radius 3 is 2.33 bits per heavy atom. The molecular formula is C18H18FNO4. The first-order valence-corrected chi connectivity index (χ1v) is 7.30. The fraction of sp³-hybridized carbons (Fsp3) is 0.222. The van der Waals surface area contributed by atoms with E-state index >= 15 is 0 Å². The highest BCUT2D eigenvalue weighted by atomic mass is 19.1. The molecule has 1 amide bonds. The first-order valence-electron chi connectivity index (χ1n) is 7.30. The van der Waals surface area contributed by atoms with Crippen LogP contribution in [0.4, 0.5) is 4.39 Å². The van der Waals surface area contributed by atoms with E-state index in [4.69, 9.17) is 4.74 Å². The molecule has 0 aliphatic carbocycles. The number of halogens is 1. The number of nitrogens with one attached hydrogen (secondary N) is 1. The van der Waals surface area contributed by atoms with E-state index in [1.807, 2.05) is 0 Å². The van der Waals surface area contributed by atoms with E-state index < -0.39 is 12.1 Å². The Labute approximate surface area is 139 Å². The Bertz CT molecular complexity index is 715. The molecule has 0 unspecified atom stereocenters. The Morgan fingerprint density at radius 1 is 1.08 bits per heavy atom. The van der Waals surface area contributed by atoms with Crippen molar-refractivity contribution < 1.29 is 23.5 Å².